The topological polar surface area (TPSA) is 88.1 Å². The standard InChI is InChI=1S/C17H14ClFN4O3/c1-22(8-10-11(18)4-3-5-12(10)19)16(25)13-7-6-9-14(20-13)23(2)17(26)21-15(9)24/h3-7H,8H2,1-2H3,(H,21,24,26). The van der Waals surface area contributed by atoms with Crippen LogP contribution in [0.5, 0.6) is 0 Å². The van der Waals surface area contributed by atoms with Crippen LogP contribution in [0.4, 0.5) is 4.39 Å². The molecule has 1 N–H and O–H groups in total. The smallest absolute Gasteiger partial charge is 0.329 e. The third-order valence-corrected chi connectivity index (χ3v) is 4.34. The lowest BCUT2D eigenvalue weighted by molar-refractivity contribution is 0.0778. The predicted molar refractivity (Wildman–Crippen MR) is 94.8 cm³/mol. The van der Waals surface area contributed by atoms with Gasteiger partial charge < -0.3 is 4.90 Å². The Hall–Kier alpha value is -3.00. The number of aryl methyl sites for hydroxylation is 1. The van der Waals surface area contributed by atoms with Crippen molar-refractivity contribution in [2.24, 2.45) is 7.05 Å². The maximum atomic E-state index is 13.9. The van der Waals surface area contributed by atoms with Crippen molar-refractivity contribution in [1.82, 2.24) is 19.4 Å². The van der Waals surface area contributed by atoms with E-state index in [0.29, 0.717) is 0 Å². The SMILES string of the molecule is CN(Cc1c(F)cccc1Cl)C(=O)c1ccc2c(=O)[nH]c(=O)n(C)c2n1. The molecule has 1 amide bonds. The van der Waals surface area contributed by atoms with E-state index in [2.05, 4.69) is 9.97 Å². The van der Waals surface area contributed by atoms with E-state index in [1.165, 1.54) is 49.3 Å². The van der Waals surface area contributed by atoms with Crippen LogP contribution in [0.3, 0.4) is 0 Å². The van der Waals surface area contributed by atoms with Gasteiger partial charge in [0.05, 0.1) is 11.9 Å². The molecule has 3 rings (SSSR count). The number of halogens is 2. The van der Waals surface area contributed by atoms with Crippen LogP contribution in [0.25, 0.3) is 11.0 Å². The summed E-state index contributed by atoms with van der Waals surface area (Å²) in [6, 6.07) is 7.07. The molecule has 0 fully saturated rings. The first-order valence-corrected chi connectivity index (χ1v) is 7.96. The van der Waals surface area contributed by atoms with Crippen LogP contribution in [0, 0.1) is 5.82 Å². The molecule has 0 unspecified atom stereocenters. The van der Waals surface area contributed by atoms with E-state index in [4.69, 9.17) is 11.6 Å². The van der Waals surface area contributed by atoms with Gasteiger partial charge in [-0.15, -0.1) is 0 Å². The molecule has 0 atom stereocenters. The van der Waals surface area contributed by atoms with Gasteiger partial charge in [-0.25, -0.2) is 14.2 Å². The molecule has 7 nitrogen and oxygen atoms in total. The third kappa shape index (κ3) is 3.11. The molecule has 1 aromatic carbocycles. The summed E-state index contributed by atoms with van der Waals surface area (Å²) in [7, 11) is 2.92. The van der Waals surface area contributed by atoms with Gasteiger partial charge in [0.1, 0.15) is 17.2 Å². The average Bonchev–Trinajstić information content (AvgIpc) is 2.61. The minimum absolute atomic E-state index is 0.0214. The number of hydrogen-bond acceptors (Lipinski definition) is 4. The predicted octanol–water partition coefficient (Wildman–Crippen LogP) is 1.69. The number of pyridine rings is 1. The number of aromatic amines is 1. The average molecular weight is 377 g/mol. The number of benzene rings is 1. The number of carbonyl (C=O) groups is 1. The number of H-pyrrole nitrogens is 1. The molecular weight excluding hydrogens is 363 g/mol. The maximum Gasteiger partial charge on any atom is 0.329 e. The van der Waals surface area contributed by atoms with Gasteiger partial charge in [-0.05, 0) is 24.3 Å². The summed E-state index contributed by atoms with van der Waals surface area (Å²) in [4.78, 5) is 43.7. The monoisotopic (exact) mass is 376 g/mol. The number of hydrogen-bond donors (Lipinski definition) is 1. The van der Waals surface area contributed by atoms with Crippen molar-refractivity contribution in [2.45, 2.75) is 6.54 Å². The Morgan fingerprint density at radius 1 is 1.31 bits per heavy atom. The van der Waals surface area contributed by atoms with E-state index in [1.54, 1.807) is 0 Å². The first-order valence-electron chi connectivity index (χ1n) is 7.58. The number of nitrogens with zero attached hydrogens (tertiary/aromatic N) is 3. The molecule has 0 bridgehead atoms. The Bertz CT molecular complexity index is 1120. The number of nitrogens with one attached hydrogen (secondary N) is 1. The van der Waals surface area contributed by atoms with E-state index in [-0.39, 0.29) is 33.9 Å². The molecule has 0 spiro atoms. The van der Waals surface area contributed by atoms with E-state index in [1.807, 2.05) is 0 Å². The summed E-state index contributed by atoms with van der Waals surface area (Å²) < 4.78 is 15.1. The zero-order valence-corrected chi connectivity index (χ0v) is 14.7. The van der Waals surface area contributed by atoms with Crippen LogP contribution in [0.1, 0.15) is 16.1 Å². The zero-order chi connectivity index (χ0) is 19.0. The first-order chi connectivity index (χ1) is 12.3. The van der Waals surface area contributed by atoms with Crippen molar-refractivity contribution >= 4 is 28.5 Å². The minimum Gasteiger partial charge on any atom is -0.336 e. The van der Waals surface area contributed by atoms with E-state index >= 15 is 0 Å². The second-order valence-corrected chi connectivity index (χ2v) is 6.15. The molecule has 0 saturated carbocycles. The quantitative estimate of drug-likeness (QED) is 0.753. The molecule has 0 saturated heterocycles. The van der Waals surface area contributed by atoms with Gasteiger partial charge in [0.25, 0.3) is 11.5 Å². The summed E-state index contributed by atoms with van der Waals surface area (Å²) in [6.07, 6.45) is 0. The summed E-state index contributed by atoms with van der Waals surface area (Å²) in [5, 5.41) is 0.397. The molecule has 3 aromatic rings. The normalized spacial score (nSPS) is 10.9. The van der Waals surface area contributed by atoms with Gasteiger partial charge in [0, 0.05) is 24.7 Å². The van der Waals surface area contributed by atoms with Crippen molar-refractivity contribution in [1.29, 1.82) is 0 Å². The molecule has 2 aromatic heterocycles. The number of amides is 1. The third-order valence-electron chi connectivity index (χ3n) is 3.99. The highest BCUT2D eigenvalue weighted by atomic mass is 35.5. The molecular formula is C17H14ClFN4O3. The van der Waals surface area contributed by atoms with E-state index < -0.39 is 23.0 Å². The van der Waals surface area contributed by atoms with Gasteiger partial charge in [0.15, 0.2) is 0 Å². The largest absolute Gasteiger partial charge is 0.336 e. The number of fused-ring (bicyclic) bond motifs is 1. The zero-order valence-electron chi connectivity index (χ0n) is 13.9. The van der Waals surface area contributed by atoms with Crippen molar-refractivity contribution < 1.29 is 9.18 Å². The van der Waals surface area contributed by atoms with Gasteiger partial charge >= 0.3 is 5.69 Å². The number of carbonyl (C=O) groups excluding carboxylic acids is 1. The Morgan fingerprint density at radius 2 is 2.04 bits per heavy atom. The summed E-state index contributed by atoms with van der Waals surface area (Å²) in [5.41, 5.74) is -0.920. The lowest BCUT2D eigenvalue weighted by Gasteiger charge is -2.18. The second kappa shape index (κ2) is 6.72. The molecule has 0 aliphatic carbocycles. The fourth-order valence-corrected chi connectivity index (χ4v) is 2.76. The van der Waals surface area contributed by atoms with Gasteiger partial charge in [-0.1, -0.05) is 17.7 Å². The van der Waals surface area contributed by atoms with Crippen molar-refractivity contribution in [3.8, 4) is 0 Å². The van der Waals surface area contributed by atoms with Gasteiger partial charge in [-0.2, -0.15) is 0 Å². The van der Waals surface area contributed by atoms with Crippen LogP contribution in [-0.2, 0) is 13.6 Å². The molecule has 0 radical (unpaired) electrons. The lowest BCUT2D eigenvalue weighted by Crippen LogP contribution is -2.31. The highest BCUT2D eigenvalue weighted by Gasteiger charge is 2.18. The Labute approximate surface area is 151 Å². The highest BCUT2D eigenvalue weighted by molar-refractivity contribution is 6.31. The fourth-order valence-electron chi connectivity index (χ4n) is 2.53. The fraction of sp³-hybridized carbons (Fsp3) is 0.176. The Kier molecular flexibility index (Phi) is 4.60. The summed E-state index contributed by atoms with van der Waals surface area (Å²) in [6.45, 7) is -0.0572. The van der Waals surface area contributed by atoms with E-state index in [0.717, 1.165) is 4.57 Å². The summed E-state index contributed by atoms with van der Waals surface area (Å²) in [5.74, 6) is -1.02. The molecule has 26 heavy (non-hydrogen) atoms. The van der Waals surface area contributed by atoms with Crippen LogP contribution in [0.15, 0.2) is 39.9 Å². The van der Waals surface area contributed by atoms with Crippen molar-refractivity contribution in [3.05, 3.63) is 73.3 Å². The van der Waals surface area contributed by atoms with Crippen LogP contribution in [0.2, 0.25) is 5.02 Å². The summed E-state index contributed by atoms with van der Waals surface area (Å²) >= 11 is 5.99. The second-order valence-electron chi connectivity index (χ2n) is 5.75. The Morgan fingerprint density at radius 3 is 2.73 bits per heavy atom. The molecule has 0 aliphatic rings. The van der Waals surface area contributed by atoms with Crippen molar-refractivity contribution in [2.75, 3.05) is 7.05 Å². The van der Waals surface area contributed by atoms with Gasteiger partial charge in [0.2, 0.25) is 0 Å². The van der Waals surface area contributed by atoms with Gasteiger partial charge in [-0.3, -0.25) is 19.1 Å². The molecule has 2 heterocycles. The van der Waals surface area contributed by atoms with Crippen LogP contribution < -0.4 is 11.2 Å². The first kappa shape index (κ1) is 17.8. The van der Waals surface area contributed by atoms with Crippen LogP contribution in [-0.4, -0.2) is 32.4 Å². The molecule has 134 valence electrons. The number of rotatable bonds is 3. The van der Waals surface area contributed by atoms with E-state index in [9.17, 15) is 18.8 Å². The lowest BCUT2D eigenvalue weighted by atomic mass is 10.2. The van der Waals surface area contributed by atoms with Crippen molar-refractivity contribution in [3.63, 3.8) is 0 Å². The molecule has 9 heteroatoms. The molecule has 0 aliphatic heterocycles. The van der Waals surface area contributed by atoms with Crippen LogP contribution >= 0.6 is 11.6 Å². The minimum atomic E-state index is -0.633. The Balaban J connectivity index is 1.98. The highest BCUT2D eigenvalue weighted by Crippen LogP contribution is 2.21. The number of aromatic nitrogens is 3. The maximum absolute atomic E-state index is 13.9.